The average molecular weight is 444 g/mol. The standard InChI is InChI=1S/C27H29N3O3/c1-29-17-18-30(26(31)12-11-23-5-3-4-6-25(23)33-2)24(27(29)32)19-20-7-9-21(10-8-20)22-13-15-28-16-14-22/h3-10,13-16,24H,11-12,17-19H2,1-2H3/t24-/m0/s1. The smallest absolute Gasteiger partial charge is 0.245 e. The maximum Gasteiger partial charge on any atom is 0.245 e. The molecule has 1 saturated heterocycles. The van der Waals surface area contributed by atoms with E-state index in [4.69, 9.17) is 4.74 Å². The molecule has 2 aromatic carbocycles. The summed E-state index contributed by atoms with van der Waals surface area (Å²) in [5.74, 6) is 0.774. The summed E-state index contributed by atoms with van der Waals surface area (Å²) in [5.41, 5.74) is 4.22. The molecule has 2 heterocycles. The molecule has 2 amide bonds. The number of hydrogen-bond acceptors (Lipinski definition) is 4. The number of pyridine rings is 1. The minimum absolute atomic E-state index is 0.000705. The molecular weight excluding hydrogens is 414 g/mol. The third-order valence-electron chi connectivity index (χ3n) is 6.23. The molecule has 1 atom stereocenters. The van der Waals surface area contributed by atoms with Gasteiger partial charge in [0, 0.05) is 45.4 Å². The van der Waals surface area contributed by atoms with E-state index >= 15 is 0 Å². The third kappa shape index (κ3) is 5.22. The number of nitrogens with zero attached hydrogens (tertiary/aromatic N) is 3. The normalized spacial score (nSPS) is 16.1. The van der Waals surface area contributed by atoms with Gasteiger partial charge in [0.05, 0.1) is 7.11 Å². The molecule has 0 N–H and O–H groups in total. The molecule has 33 heavy (non-hydrogen) atoms. The first-order valence-electron chi connectivity index (χ1n) is 11.2. The monoisotopic (exact) mass is 443 g/mol. The van der Waals surface area contributed by atoms with E-state index in [9.17, 15) is 9.59 Å². The van der Waals surface area contributed by atoms with Crippen LogP contribution in [0.3, 0.4) is 0 Å². The Hall–Kier alpha value is -3.67. The summed E-state index contributed by atoms with van der Waals surface area (Å²) < 4.78 is 5.41. The zero-order valence-electron chi connectivity index (χ0n) is 19.1. The number of methoxy groups -OCH3 is 1. The number of piperazine rings is 1. The topological polar surface area (TPSA) is 62.7 Å². The van der Waals surface area contributed by atoms with Gasteiger partial charge in [-0.05, 0) is 46.9 Å². The highest BCUT2D eigenvalue weighted by molar-refractivity contribution is 5.89. The number of rotatable bonds is 7. The van der Waals surface area contributed by atoms with Crippen LogP contribution in [0.15, 0.2) is 73.1 Å². The van der Waals surface area contributed by atoms with E-state index in [1.165, 1.54) is 0 Å². The predicted molar refractivity (Wildman–Crippen MR) is 128 cm³/mol. The Morgan fingerprint density at radius 2 is 1.70 bits per heavy atom. The Morgan fingerprint density at radius 3 is 2.42 bits per heavy atom. The highest BCUT2D eigenvalue weighted by atomic mass is 16.5. The number of benzene rings is 2. The lowest BCUT2D eigenvalue weighted by atomic mass is 9.98. The SMILES string of the molecule is COc1ccccc1CCC(=O)N1CCN(C)C(=O)[C@@H]1Cc1ccc(-c2ccncc2)cc1. The minimum Gasteiger partial charge on any atom is -0.496 e. The number of likely N-dealkylation sites (N-methyl/N-ethyl adjacent to an activating group) is 1. The van der Waals surface area contributed by atoms with Crippen LogP contribution >= 0.6 is 0 Å². The third-order valence-corrected chi connectivity index (χ3v) is 6.23. The summed E-state index contributed by atoms with van der Waals surface area (Å²) in [4.78, 5) is 33.7. The lowest BCUT2D eigenvalue weighted by Gasteiger charge is -2.39. The Labute approximate surface area is 194 Å². The van der Waals surface area contributed by atoms with Gasteiger partial charge in [-0.2, -0.15) is 0 Å². The van der Waals surface area contributed by atoms with Crippen LogP contribution in [0, 0.1) is 0 Å². The van der Waals surface area contributed by atoms with Gasteiger partial charge in [-0.1, -0.05) is 42.5 Å². The number of carbonyl (C=O) groups is 2. The van der Waals surface area contributed by atoms with Gasteiger partial charge in [-0.25, -0.2) is 0 Å². The summed E-state index contributed by atoms with van der Waals surface area (Å²) in [7, 11) is 3.44. The lowest BCUT2D eigenvalue weighted by Crippen LogP contribution is -2.58. The molecule has 3 aromatic rings. The molecule has 1 fully saturated rings. The van der Waals surface area contributed by atoms with Gasteiger partial charge in [0.1, 0.15) is 11.8 Å². The molecule has 1 aromatic heterocycles. The summed E-state index contributed by atoms with van der Waals surface area (Å²) in [6.07, 6.45) is 4.97. The maximum atomic E-state index is 13.2. The number of ether oxygens (including phenoxy) is 1. The van der Waals surface area contributed by atoms with Crippen molar-refractivity contribution in [1.29, 1.82) is 0 Å². The second kappa shape index (κ2) is 10.3. The molecule has 0 spiro atoms. The van der Waals surface area contributed by atoms with Gasteiger partial charge >= 0.3 is 0 Å². The minimum atomic E-state index is -0.485. The largest absolute Gasteiger partial charge is 0.496 e. The van der Waals surface area contributed by atoms with Crippen molar-refractivity contribution in [3.63, 3.8) is 0 Å². The van der Waals surface area contributed by atoms with Crippen LogP contribution in [0.4, 0.5) is 0 Å². The fraction of sp³-hybridized carbons (Fsp3) is 0.296. The van der Waals surface area contributed by atoms with Crippen molar-refractivity contribution < 1.29 is 14.3 Å². The molecule has 1 aliphatic rings. The zero-order chi connectivity index (χ0) is 23.2. The second-order valence-electron chi connectivity index (χ2n) is 8.31. The first-order chi connectivity index (χ1) is 16.1. The summed E-state index contributed by atoms with van der Waals surface area (Å²) in [6, 6.07) is 19.4. The van der Waals surface area contributed by atoms with Crippen LogP contribution in [0.25, 0.3) is 11.1 Å². The molecule has 6 nitrogen and oxygen atoms in total. The summed E-state index contributed by atoms with van der Waals surface area (Å²) in [5, 5.41) is 0. The van der Waals surface area contributed by atoms with E-state index < -0.39 is 6.04 Å². The van der Waals surface area contributed by atoms with Gasteiger partial charge < -0.3 is 14.5 Å². The van der Waals surface area contributed by atoms with Crippen LogP contribution in [0.5, 0.6) is 5.75 Å². The van der Waals surface area contributed by atoms with Gasteiger partial charge in [-0.3, -0.25) is 14.6 Å². The van der Waals surface area contributed by atoms with Crippen LogP contribution < -0.4 is 4.74 Å². The molecule has 6 heteroatoms. The van der Waals surface area contributed by atoms with Crippen molar-refractivity contribution in [1.82, 2.24) is 14.8 Å². The van der Waals surface area contributed by atoms with Crippen molar-refractivity contribution in [2.45, 2.75) is 25.3 Å². The molecule has 0 unspecified atom stereocenters. The summed E-state index contributed by atoms with van der Waals surface area (Å²) >= 11 is 0. The van der Waals surface area contributed by atoms with Crippen LogP contribution in [0.1, 0.15) is 17.5 Å². The Balaban J connectivity index is 1.47. The summed E-state index contributed by atoms with van der Waals surface area (Å²) in [6.45, 7) is 1.10. The molecule has 0 radical (unpaired) electrons. The highest BCUT2D eigenvalue weighted by Crippen LogP contribution is 2.23. The second-order valence-corrected chi connectivity index (χ2v) is 8.31. The number of aromatic nitrogens is 1. The van der Waals surface area contributed by atoms with Gasteiger partial charge in [0.2, 0.25) is 11.8 Å². The van der Waals surface area contributed by atoms with E-state index in [-0.39, 0.29) is 11.8 Å². The Morgan fingerprint density at radius 1 is 1.00 bits per heavy atom. The quantitative estimate of drug-likeness (QED) is 0.560. The maximum absolute atomic E-state index is 13.2. The van der Waals surface area contributed by atoms with Crippen molar-refractivity contribution in [2.75, 3.05) is 27.2 Å². The van der Waals surface area contributed by atoms with Crippen LogP contribution in [0.2, 0.25) is 0 Å². The molecule has 1 aliphatic heterocycles. The molecule has 4 rings (SSSR count). The Kier molecular flexibility index (Phi) is 7.03. The number of hydrogen-bond donors (Lipinski definition) is 0. The van der Waals surface area contributed by atoms with Crippen molar-refractivity contribution in [3.05, 3.63) is 84.2 Å². The predicted octanol–water partition coefficient (Wildman–Crippen LogP) is 3.60. The first-order valence-corrected chi connectivity index (χ1v) is 11.2. The number of para-hydroxylation sites is 1. The van der Waals surface area contributed by atoms with E-state index in [0.29, 0.717) is 32.4 Å². The fourth-order valence-electron chi connectivity index (χ4n) is 4.30. The fourth-order valence-corrected chi connectivity index (χ4v) is 4.30. The zero-order valence-corrected chi connectivity index (χ0v) is 19.1. The van der Waals surface area contributed by atoms with Crippen LogP contribution in [-0.4, -0.2) is 59.9 Å². The molecule has 170 valence electrons. The average Bonchev–Trinajstić information content (AvgIpc) is 2.86. The molecule has 0 aliphatic carbocycles. The van der Waals surface area contributed by atoms with Crippen molar-refractivity contribution in [2.24, 2.45) is 0 Å². The van der Waals surface area contributed by atoms with Crippen LogP contribution in [-0.2, 0) is 22.4 Å². The van der Waals surface area contributed by atoms with Gasteiger partial charge in [0.15, 0.2) is 0 Å². The van der Waals surface area contributed by atoms with Gasteiger partial charge in [-0.15, -0.1) is 0 Å². The van der Waals surface area contributed by atoms with Crippen molar-refractivity contribution in [3.8, 4) is 16.9 Å². The first kappa shape index (κ1) is 22.5. The van der Waals surface area contributed by atoms with E-state index in [0.717, 1.165) is 28.0 Å². The number of aryl methyl sites for hydroxylation is 1. The van der Waals surface area contributed by atoms with E-state index in [1.54, 1.807) is 36.4 Å². The highest BCUT2D eigenvalue weighted by Gasteiger charge is 2.35. The van der Waals surface area contributed by atoms with E-state index in [2.05, 4.69) is 17.1 Å². The molecular formula is C27H29N3O3. The van der Waals surface area contributed by atoms with Crippen molar-refractivity contribution >= 4 is 11.8 Å². The number of amides is 2. The van der Waals surface area contributed by atoms with E-state index in [1.807, 2.05) is 48.5 Å². The van der Waals surface area contributed by atoms with Gasteiger partial charge in [0.25, 0.3) is 0 Å². The Bertz CT molecular complexity index is 1100. The number of carbonyl (C=O) groups excluding carboxylic acids is 2. The molecule has 0 saturated carbocycles. The molecule has 0 bridgehead atoms. The lowest BCUT2D eigenvalue weighted by molar-refractivity contribution is -0.150.